The summed E-state index contributed by atoms with van der Waals surface area (Å²) >= 11 is 18.9. The molecule has 44 heavy (non-hydrogen) atoms. The molecule has 1 atom stereocenters. The molecule has 0 saturated heterocycles. The van der Waals surface area contributed by atoms with Crippen LogP contribution in [0.4, 0.5) is 5.69 Å². The molecule has 1 N–H and O–H groups in total. The van der Waals surface area contributed by atoms with Crippen molar-refractivity contribution in [2.45, 2.75) is 70.5 Å². The highest BCUT2D eigenvalue weighted by molar-refractivity contribution is 7.92. The smallest absolute Gasteiger partial charge is 0.243 e. The maximum atomic E-state index is 14.1. The Hall–Kier alpha value is -2.78. The fourth-order valence-corrected chi connectivity index (χ4v) is 7.24. The number of amides is 2. The van der Waals surface area contributed by atoms with E-state index in [9.17, 15) is 18.0 Å². The van der Waals surface area contributed by atoms with E-state index in [4.69, 9.17) is 34.8 Å². The van der Waals surface area contributed by atoms with Crippen LogP contribution >= 0.6 is 34.8 Å². The molecule has 0 aliphatic heterocycles. The number of hydrogen-bond donors (Lipinski definition) is 1. The summed E-state index contributed by atoms with van der Waals surface area (Å²) in [5.41, 5.74) is 2.79. The molecule has 11 heteroatoms. The molecule has 0 radical (unpaired) electrons. The van der Waals surface area contributed by atoms with Crippen LogP contribution in [0.1, 0.15) is 55.2 Å². The van der Waals surface area contributed by atoms with Crippen LogP contribution in [0.2, 0.25) is 15.1 Å². The molecule has 1 aliphatic carbocycles. The van der Waals surface area contributed by atoms with Crippen molar-refractivity contribution in [1.29, 1.82) is 0 Å². The summed E-state index contributed by atoms with van der Waals surface area (Å²) < 4.78 is 26.8. The van der Waals surface area contributed by atoms with Crippen molar-refractivity contribution in [3.05, 3.63) is 98.5 Å². The van der Waals surface area contributed by atoms with Crippen molar-refractivity contribution in [1.82, 2.24) is 10.2 Å². The zero-order valence-corrected chi connectivity index (χ0v) is 28.0. The van der Waals surface area contributed by atoms with Gasteiger partial charge in [0, 0.05) is 47.0 Å². The Morgan fingerprint density at radius 2 is 1.61 bits per heavy atom. The minimum absolute atomic E-state index is 0.0127. The number of hydrogen-bond acceptors (Lipinski definition) is 4. The first kappa shape index (κ1) is 34.1. The SMILES string of the molecule is Cc1ccc(Cl)cc1N(CCCC(=O)N(Cc1ccc(Cl)cc1Cl)[C@@H](Cc1ccccc1)C(=O)NC1CCCC1)S(C)(=O)=O. The maximum Gasteiger partial charge on any atom is 0.243 e. The van der Waals surface area contributed by atoms with Crippen molar-refractivity contribution in [2.75, 3.05) is 17.1 Å². The monoisotopic (exact) mass is 677 g/mol. The molecule has 1 saturated carbocycles. The van der Waals surface area contributed by atoms with E-state index in [1.807, 2.05) is 37.3 Å². The maximum absolute atomic E-state index is 14.1. The first-order valence-electron chi connectivity index (χ1n) is 14.7. The molecule has 4 rings (SSSR count). The third-order valence-electron chi connectivity index (χ3n) is 7.92. The molecule has 1 fully saturated rings. The van der Waals surface area contributed by atoms with Crippen molar-refractivity contribution < 1.29 is 18.0 Å². The van der Waals surface area contributed by atoms with Gasteiger partial charge in [0.05, 0.1) is 11.9 Å². The quantitative estimate of drug-likeness (QED) is 0.207. The molecule has 2 amide bonds. The largest absolute Gasteiger partial charge is 0.352 e. The van der Waals surface area contributed by atoms with Crippen LogP contribution in [0.3, 0.4) is 0 Å². The number of carbonyl (C=O) groups is 2. The Labute approximate surface area is 275 Å². The number of sulfonamides is 1. The summed E-state index contributed by atoms with van der Waals surface area (Å²) in [4.78, 5) is 29.5. The second kappa shape index (κ2) is 15.5. The summed E-state index contributed by atoms with van der Waals surface area (Å²) in [5, 5.41) is 4.46. The van der Waals surface area contributed by atoms with Gasteiger partial charge in [-0.3, -0.25) is 13.9 Å². The van der Waals surface area contributed by atoms with Gasteiger partial charge in [0.25, 0.3) is 0 Å². The van der Waals surface area contributed by atoms with Crippen LogP contribution in [0.15, 0.2) is 66.7 Å². The average Bonchev–Trinajstić information content (AvgIpc) is 3.48. The number of benzene rings is 3. The van der Waals surface area contributed by atoms with Gasteiger partial charge in [-0.25, -0.2) is 8.42 Å². The Balaban J connectivity index is 1.62. The summed E-state index contributed by atoms with van der Waals surface area (Å²) in [7, 11) is -3.66. The van der Waals surface area contributed by atoms with Crippen molar-refractivity contribution in [2.24, 2.45) is 0 Å². The van der Waals surface area contributed by atoms with Crippen molar-refractivity contribution in [3.8, 4) is 0 Å². The molecule has 0 unspecified atom stereocenters. The fourth-order valence-electron chi connectivity index (χ4n) is 5.59. The zero-order chi connectivity index (χ0) is 31.9. The van der Waals surface area contributed by atoms with Crippen LogP contribution < -0.4 is 9.62 Å². The lowest BCUT2D eigenvalue weighted by molar-refractivity contribution is -0.141. The highest BCUT2D eigenvalue weighted by atomic mass is 35.5. The molecule has 0 aromatic heterocycles. The van der Waals surface area contributed by atoms with Crippen LogP contribution in [0.25, 0.3) is 0 Å². The number of carbonyl (C=O) groups excluding carboxylic acids is 2. The Morgan fingerprint density at radius 3 is 2.27 bits per heavy atom. The zero-order valence-electron chi connectivity index (χ0n) is 24.9. The van der Waals surface area contributed by atoms with E-state index in [0.717, 1.165) is 43.1 Å². The molecule has 236 valence electrons. The number of aryl methyl sites for hydroxylation is 1. The first-order valence-corrected chi connectivity index (χ1v) is 17.7. The highest BCUT2D eigenvalue weighted by Gasteiger charge is 2.32. The van der Waals surface area contributed by atoms with Crippen molar-refractivity contribution in [3.63, 3.8) is 0 Å². The minimum Gasteiger partial charge on any atom is -0.352 e. The van der Waals surface area contributed by atoms with Gasteiger partial charge in [-0.15, -0.1) is 0 Å². The second-order valence-corrected chi connectivity index (χ2v) is 14.5. The second-order valence-electron chi connectivity index (χ2n) is 11.3. The molecule has 0 spiro atoms. The third-order valence-corrected chi connectivity index (χ3v) is 9.92. The van der Waals surface area contributed by atoms with Crippen molar-refractivity contribution >= 4 is 62.3 Å². The number of anilines is 1. The minimum atomic E-state index is -3.66. The normalized spacial score (nSPS) is 14.3. The van der Waals surface area contributed by atoms with Crippen LogP contribution in [0.5, 0.6) is 0 Å². The van der Waals surface area contributed by atoms with Gasteiger partial charge < -0.3 is 10.2 Å². The summed E-state index contributed by atoms with van der Waals surface area (Å²) in [6, 6.07) is 19.0. The van der Waals surface area contributed by atoms with Gasteiger partial charge in [-0.2, -0.15) is 0 Å². The molecule has 7 nitrogen and oxygen atoms in total. The molecule has 3 aromatic carbocycles. The predicted octanol–water partition coefficient (Wildman–Crippen LogP) is 7.20. The number of nitrogens with zero attached hydrogens (tertiary/aromatic N) is 2. The summed E-state index contributed by atoms with van der Waals surface area (Å²) in [6.07, 6.45) is 5.61. The molecule has 3 aromatic rings. The fraction of sp³-hybridized carbons (Fsp3) is 0.394. The van der Waals surface area contributed by atoms with Gasteiger partial charge >= 0.3 is 0 Å². The topological polar surface area (TPSA) is 86.8 Å². The van der Waals surface area contributed by atoms with Gasteiger partial charge in [-0.1, -0.05) is 90.1 Å². The first-order chi connectivity index (χ1) is 20.9. The highest BCUT2D eigenvalue weighted by Crippen LogP contribution is 2.28. The number of halogens is 3. The van der Waals surface area contributed by atoms with Gasteiger partial charge in [-0.05, 0) is 67.1 Å². The molecular formula is C33H38Cl3N3O4S. The van der Waals surface area contributed by atoms with Gasteiger partial charge in [0.1, 0.15) is 6.04 Å². The van der Waals surface area contributed by atoms with Gasteiger partial charge in [0.2, 0.25) is 21.8 Å². The van der Waals surface area contributed by atoms with Gasteiger partial charge in [0.15, 0.2) is 0 Å². The average molecular weight is 679 g/mol. The molecule has 0 bridgehead atoms. The van der Waals surface area contributed by atoms with E-state index >= 15 is 0 Å². The van der Waals surface area contributed by atoms with E-state index in [1.54, 1.807) is 41.3 Å². The lowest BCUT2D eigenvalue weighted by Gasteiger charge is -2.33. The molecular weight excluding hydrogens is 641 g/mol. The number of nitrogens with one attached hydrogen (secondary N) is 1. The number of rotatable bonds is 13. The van der Waals surface area contributed by atoms with E-state index in [0.29, 0.717) is 32.7 Å². The lowest BCUT2D eigenvalue weighted by atomic mass is 10.0. The van der Waals surface area contributed by atoms with E-state index in [-0.39, 0.29) is 43.8 Å². The Kier molecular flexibility index (Phi) is 12.0. The lowest BCUT2D eigenvalue weighted by Crippen LogP contribution is -2.52. The molecule has 0 heterocycles. The van der Waals surface area contributed by atoms with E-state index < -0.39 is 16.1 Å². The summed E-state index contributed by atoms with van der Waals surface area (Å²) in [6.45, 7) is 1.97. The Bertz CT molecular complexity index is 1560. The van der Waals surface area contributed by atoms with Crippen LogP contribution in [-0.4, -0.2) is 50.0 Å². The van der Waals surface area contributed by atoms with Crippen LogP contribution in [0, 0.1) is 6.92 Å². The Morgan fingerprint density at radius 1 is 0.955 bits per heavy atom. The third kappa shape index (κ3) is 9.36. The molecule has 1 aliphatic rings. The van der Waals surface area contributed by atoms with E-state index in [1.165, 1.54) is 4.31 Å². The van der Waals surface area contributed by atoms with E-state index in [2.05, 4.69) is 5.32 Å². The van der Waals surface area contributed by atoms with Crippen LogP contribution in [-0.2, 0) is 32.6 Å². The predicted molar refractivity (Wildman–Crippen MR) is 179 cm³/mol. The summed E-state index contributed by atoms with van der Waals surface area (Å²) in [5.74, 6) is -0.499. The standard InChI is InChI=1S/C33H38Cl3N3O4S/c1-23-14-16-27(35)21-30(23)39(44(2,42)43)18-8-13-32(40)38(22-25-15-17-26(34)20-29(25)36)31(19-24-9-4-3-5-10-24)33(41)37-28-11-6-7-12-28/h3-5,9-10,14-17,20-21,28,31H,6-8,11-13,18-19,22H2,1-2H3,(H,37,41)/t31-/m0/s1.